The van der Waals surface area contributed by atoms with Crippen molar-refractivity contribution in [2.75, 3.05) is 19.5 Å². The van der Waals surface area contributed by atoms with Gasteiger partial charge in [-0.2, -0.15) is 5.10 Å². The standard InChI is InChI=1S/C18H18ClN3O4/c1-25-15-8-7-13(19)9-12(15)11-20-22-18(24)10-17(23)21-14-5-3-4-6-16(14)26-2/h3-9,11H,10H2,1-2H3,(H,21,23)(H,22,24). The quantitative estimate of drug-likeness (QED) is 0.442. The van der Waals surface area contributed by atoms with Gasteiger partial charge in [-0.15, -0.1) is 0 Å². The van der Waals surface area contributed by atoms with Gasteiger partial charge in [0.15, 0.2) is 0 Å². The molecule has 0 heterocycles. The number of para-hydroxylation sites is 2. The number of rotatable bonds is 7. The van der Waals surface area contributed by atoms with Crippen molar-refractivity contribution >= 4 is 35.3 Å². The van der Waals surface area contributed by atoms with Crippen LogP contribution in [0.5, 0.6) is 11.5 Å². The monoisotopic (exact) mass is 375 g/mol. The lowest BCUT2D eigenvalue weighted by Gasteiger charge is -2.09. The highest BCUT2D eigenvalue weighted by molar-refractivity contribution is 6.30. The zero-order valence-corrected chi connectivity index (χ0v) is 15.0. The summed E-state index contributed by atoms with van der Waals surface area (Å²) in [6.07, 6.45) is 1.00. The molecule has 2 N–H and O–H groups in total. The molecule has 136 valence electrons. The van der Waals surface area contributed by atoms with Crippen LogP contribution in [0.15, 0.2) is 47.6 Å². The molecule has 0 fully saturated rings. The number of nitrogens with one attached hydrogen (secondary N) is 2. The van der Waals surface area contributed by atoms with Crippen LogP contribution in [0.4, 0.5) is 5.69 Å². The molecule has 0 saturated carbocycles. The Morgan fingerprint density at radius 3 is 2.54 bits per heavy atom. The number of hydrogen-bond acceptors (Lipinski definition) is 5. The molecule has 0 bridgehead atoms. The second-order valence-corrected chi connectivity index (χ2v) is 5.54. The fraction of sp³-hybridized carbons (Fsp3) is 0.167. The second kappa shape index (κ2) is 9.43. The molecule has 7 nitrogen and oxygen atoms in total. The Morgan fingerprint density at radius 1 is 1.08 bits per heavy atom. The van der Waals surface area contributed by atoms with E-state index in [0.29, 0.717) is 27.8 Å². The second-order valence-electron chi connectivity index (χ2n) is 5.10. The van der Waals surface area contributed by atoms with Gasteiger partial charge in [-0.25, -0.2) is 5.43 Å². The average Bonchev–Trinajstić information content (AvgIpc) is 2.62. The molecule has 0 atom stereocenters. The number of halogens is 1. The molecular weight excluding hydrogens is 358 g/mol. The van der Waals surface area contributed by atoms with Gasteiger partial charge in [0.25, 0.3) is 0 Å². The number of ether oxygens (including phenoxy) is 2. The lowest BCUT2D eigenvalue weighted by atomic mass is 10.2. The maximum absolute atomic E-state index is 12.0. The lowest BCUT2D eigenvalue weighted by Crippen LogP contribution is -2.24. The van der Waals surface area contributed by atoms with Crippen LogP contribution in [0.2, 0.25) is 5.02 Å². The molecule has 0 radical (unpaired) electrons. The molecule has 0 spiro atoms. The van der Waals surface area contributed by atoms with Gasteiger partial charge >= 0.3 is 0 Å². The first-order chi connectivity index (χ1) is 12.5. The molecule has 2 rings (SSSR count). The molecule has 0 aromatic heterocycles. The highest BCUT2D eigenvalue weighted by Gasteiger charge is 2.11. The Bertz CT molecular complexity index is 824. The van der Waals surface area contributed by atoms with Gasteiger partial charge < -0.3 is 14.8 Å². The van der Waals surface area contributed by atoms with E-state index in [0.717, 1.165) is 0 Å². The molecule has 0 saturated heterocycles. The topological polar surface area (TPSA) is 89.0 Å². The van der Waals surface area contributed by atoms with Gasteiger partial charge in [0.2, 0.25) is 11.8 Å². The Morgan fingerprint density at radius 2 is 1.81 bits per heavy atom. The van der Waals surface area contributed by atoms with Crippen LogP contribution in [-0.2, 0) is 9.59 Å². The molecule has 0 aliphatic carbocycles. The van der Waals surface area contributed by atoms with Crippen LogP contribution < -0.4 is 20.2 Å². The Hall–Kier alpha value is -3.06. The number of amides is 2. The van der Waals surface area contributed by atoms with E-state index in [-0.39, 0.29) is 6.42 Å². The molecule has 2 aromatic rings. The normalized spacial score (nSPS) is 10.4. The summed E-state index contributed by atoms with van der Waals surface area (Å²) in [4.78, 5) is 23.8. The minimum absolute atomic E-state index is 0.387. The number of hydrogen-bond donors (Lipinski definition) is 2. The highest BCUT2D eigenvalue weighted by atomic mass is 35.5. The van der Waals surface area contributed by atoms with E-state index >= 15 is 0 Å². The molecule has 2 aromatic carbocycles. The number of carbonyl (C=O) groups excluding carboxylic acids is 2. The van der Waals surface area contributed by atoms with E-state index in [9.17, 15) is 9.59 Å². The Kier molecular flexibility index (Phi) is 6.99. The molecule has 0 aliphatic rings. The smallest absolute Gasteiger partial charge is 0.249 e. The van der Waals surface area contributed by atoms with E-state index in [1.807, 2.05) is 0 Å². The van der Waals surface area contributed by atoms with E-state index in [4.69, 9.17) is 21.1 Å². The Labute approximate surface area is 155 Å². The fourth-order valence-corrected chi connectivity index (χ4v) is 2.29. The Balaban J connectivity index is 1.90. The van der Waals surface area contributed by atoms with Gasteiger partial charge in [0.1, 0.15) is 17.9 Å². The summed E-state index contributed by atoms with van der Waals surface area (Å²) in [6, 6.07) is 11.9. The van der Waals surface area contributed by atoms with Crippen LogP contribution in [0.25, 0.3) is 0 Å². The van der Waals surface area contributed by atoms with Gasteiger partial charge in [0.05, 0.1) is 26.1 Å². The van der Waals surface area contributed by atoms with Crippen LogP contribution >= 0.6 is 11.6 Å². The highest BCUT2D eigenvalue weighted by Crippen LogP contribution is 2.23. The first-order valence-corrected chi connectivity index (χ1v) is 7.99. The maximum Gasteiger partial charge on any atom is 0.249 e. The third-order valence-electron chi connectivity index (χ3n) is 3.29. The summed E-state index contributed by atoms with van der Waals surface area (Å²) in [5.74, 6) is 0.0193. The van der Waals surface area contributed by atoms with Gasteiger partial charge in [0, 0.05) is 10.6 Å². The van der Waals surface area contributed by atoms with Gasteiger partial charge in [-0.05, 0) is 30.3 Å². The van der Waals surface area contributed by atoms with E-state index in [1.165, 1.54) is 20.4 Å². The predicted octanol–water partition coefficient (Wildman–Crippen LogP) is 2.84. The predicted molar refractivity (Wildman–Crippen MR) is 100.0 cm³/mol. The van der Waals surface area contributed by atoms with Crippen LogP contribution in [-0.4, -0.2) is 32.2 Å². The van der Waals surface area contributed by atoms with Crippen LogP contribution in [0.1, 0.15) is 12.0 Å². The third-order valence-corrected chi connectivity index (χ3v) is 3.52. The van der Waals surface area contributed by atoms with Crippen molar-refractivity contribution in [1.82, 2.24) is 5.43 Å². The summed E-state index contributed by atoms with van der Waals surface area (Å²) >= 11 is 5.92. The van der Waals surface area contributed by atoms with Crippen molar-refractivity contribution in [2.45, 2.75) is 6.42 Å². The SMILES string of the molecule is COc1ccc(Cl)cc1C=NNC(=O)CC(=O)Nc1ccccc1OC. The molecule has 8 heteroatoms. The largest absolute Gasteiger partial charge is 0.496 e. The lowest BCUT2D eigenvalue weighted by molar-refractivity contribution is -0.126. The van der Waals surface area contributed by atoms with Crippen molar-refractivity contribution < 1.29 is 19.1 Å². The van der Waals surface area contributed by atoms with E-state index < -0.39 is 11.8 Å². The third kappa shape index (κ3) is 5.49. The van der Waals surface area contributed by atoms with Crippen LogP contribution in [0, 0.1) is 0 Å². The summed E-state index contributed by atoms with van der Waals surface area (Å²) in [5.41, 5.74) is 3.37. The zero-order valence-electron chi connectivity index (χ0n) is 14.3. The number of methoxy groups -OCH3 is 2. The molecule has 0 unspecified atom stereocenters. The summed E-state index contributed by atoms with van der Waals surface area (Å²) in [6.45, 7) is 0. The maximum atomic E-state index is 12.0. The number of nitrogens with zero attached hydrogens (tertiary/aromatic N) is 1. The average molecular weight is 376 g/mol. The number of hydrazone groups is 1. The number of anilines is 1. The van der Waals surface area contributed by atoms with Crippen LogP contribution in [0.3, 0.4) is 0 Å². The summed E-state index contributed by atoms with van der Waals surface area (Å²) < 4.78 is 10.3. The molecule has 26 heavy (non-hydrogen) atoms. The van der Waals surface area contributed by atoms with E-state index in [1.54, 1.807) is 42.5 Å². The van der Waals surface area contributed by atoms with Crippen molar-refractivity contribution in [3.63, 3.8) is 0 Å². The summed E-state index contributed by atoms with van der Waals surface area (Å²) in [5, 5.41) is 6.94. The minimum atomic E-state index is -0.561. The van der Waals surface area contributed by atoms with Crippen molar-refractivity contribution in [3.8, 4) is 11.5 Å². The number of benzene rings is 2. The minimum Gasteiger partial charge on any atom is -0.496 e. The molecular formula is C18H18ClN3O4. The first kappa shape index (κ1) is 19.3. The molecule has 0 aliphatic heterocycles. The summed E-state index contributed by atoms with van der Waals surface area (Å²) in [7, 11) is 3.01. The van der Waals surface area contributed by atoms with Gasteiger partial charge in [-0.3, -0.25) is 9.59 Å². The van der Waals surface area contributed by atoms with Crippen molar-refractivity contribution in [3.05, 3.63) is 53.1 Å². The molecule has 2 amide bonds. The van der Waals surface area contributed by atoms with Crippen molar-refractivity contribution in [2.24, 2.45) is 5.10 Å². The first-order valence-electron chi connectivity index (χ1n) is 7.61. The zero-order chi connectivity index (χ0) is 18.9. The van der Waals surface area contributed by atoms with E-state index in [2.05, 4.69) is 15.8 Å². The fourth-order valence-electron chi connectivity index (χ4n) is 2.11. The van der Waals surface area contributed by atoms with Crippen molar-refractivity contribution in [1.29, 1.82) is 0 Å². The number of carbonyl (C=O) groups is 2. The van der Waals surface area contributed by atoms with Gasteiger partial charge in [-0.1, -0.05) is 23.7 Å².